The standard InChI is InChI=1S/C27H29Br2N3O3S/c1-19-17-20(2)24(29)26(23(19)28)36(34,35)32-15-13-31(14-16-32)25(22-11-7-4-8-12-22)27(33)30-18-21-9-5-3-6-10-21/h3-12,17,25H,13-16,18H2,1-2H3,(H,30,33). The zero-order chi connectivity index (χ0) is 25.9. The largest absolute Gasteiger partial charge is 0.350 e. The van der Waals surface area contributed by atoms with Crippen molar-refractivity contribution in [1.29, 1.82) is 0 Å². The Bertz CT molecular complexity index is 1300. The zero-order valence-corrected chi connectivity index (χ0v) is 24.2. The van der Waals surface area contributed by atoms with Crippen LogP contribution in [0.5, 0.6) is 0 Å². The summed E-state index contributed by atoms with van der Waals surface area (Å²) in [6.07, 6.45) is 0. The fourth-order valence-corrected chi connectivity index (χ4v) is 8.30. The molecule has 3 aromatic carbocycles. The minimum absolute atomic E-state index is 0.0961. The molecule has 4 rings (SSSR count). The van der Waals surface area contributed by atoms with E-state index in [1.807, 2.05) is 80.6 Å². The number of halogens is 2. The van der Waals surface area contributed by atoms with Gasteiger partial charge in [-0.25, -0.2) is 8.42 Å². The van der Waals surface area contributed by atoms with Crippen LogP contribution < -0.4 is 5.32 Å². The third-order valence-corrected chi connectivity index (χ3v) is 11.0. The average Bonchev–Trinajstić information content (AvgIpc) is 2.88. The predicted octanol–water partition coefficient (Wildman–Crippen LogP) is 5.19. The molecule has 9 heteroatoms. The van der Waals surface area contributed by atoms with Gasteiger partial charge in [0.1, 0.15) is 10.9 Å². The van der Waals surface area contributed by atoms with Gasteiger partial charge in [-0.15, -0.1) is 0 Å². The second-order valence-corrected chi connectivity index (χ2v) is 12.4. The molecular weight excluding hydrogens is 606 g/mol. The van der Waals surface area contributed by atoms with Gasteiger partial charge in [0, 0.05) is 41.7 Å². The zero-order valence-electron chi connectivity index (χ0n) is 20.2. The number of carbonyl (C=O) groups is 1. The van der Waals surface area contributed by atoms with Gasteiger partial charge in [0.2, 0.25) is 15.9 Å². The van der Waals surface area contributed by atoms with Crippen LogP contribution >= 0.6 is 31.9 Å². The Labute approximate surface area is 230 Å². The van der Waals surface area contributed by atoms with Gasteiger partial charge in [-0.2, -0.15) is 4.31 Å². The molecule has 0 aliphatic carbocycles. The van der Waals surface area contributed by atoms with Gasteiger partial charge in [-0.1, -0.05) is 66.7 Å². The smallest absolute Gasteiger partial charge is 0.245 e. The van der Waals surface area contributed by atoms with E-state index in [4.69, 9.17) is 0 Å². The van der Waals surface area contributed by atoms with Crippen LogP contribution in [0.2, 0.25) is 0 Å². The minimum Gasteiger partial charge on any atom is -0.350 e. The molecule has 1 amide bonds. The molecule has 6 nitrogen and oxygen atoms in total. The first-order valence-electron chi connectivity index (χ1n) is 11.8. The van der Waals surface area contributed by atoms with Gasteiger partial charge < -0.3 is 5.32 Å². The van der Waals surface area contributed by atoms with Crippen molar-refractivity contribution >= 4 is 47.8 Å². The third kappa shape index (κ3) is 5.75. The van der Waals surface area contributed by atoms with E-state index in [1.165, 1.54) is 4.31 Å². The molecule has 1 aliphatic rings. The second kappa shape index (κ2) is 11.6. The maximum Gasteiger partial charge on any atom is 0.245 e. The number of carbonyl (C=O) groups excluding carboxylic acids is 1. The van der Waals surface area contributed by atoms with Gasteiger partial charge in [0.15, 0.2) is 0 Å². The Morgan fingerprint density at radius 2 is 1.42 bits per heavy atom. The van der Waals surface area contributed by atoms with E-state index in [0.29, 0.717) is 41.7 Å². The van der Waals surface area contributed by atoms with Crippen molar-refractivity contribution < 1.29 is 13.2 Å². The van der Waals surface area contributed by atoms with Crippen molar-refractivity contribution in [2.45, 2.75) is 31.3 Å². The Morgan fingerprint density at radius 3 is 1.97 bits per heavy atom. The highest BCUT2D eigenvalue weighted by Gasteiger charge is 2.36. The quantitative estimate of drug-likeness (QED) is 0.388. The molecule has 1 N–H and O–H groups in total. The first-order chi connectivity index (χ1) is 17.2. The lowest BCUT2D eigenvalue weighted by Gasteiger charge is -2.38. The molecule has 1 atom stereocenters. The highest BCUT2D eigenvalue weighted by atomic mass is 79.9. The SMILES string of the molecule is Cc1cc(C)c(Br)c(S(=O)(=O)N2CCN(C(C(=O)NCc3ccccc3)c3ccccc3)CC2)c1Br. The van der Waals surface area contributed by atoms with Gasteiger partial charge in [0.25, 0.3) is 0 Å². The molecule has 0 saturated carbocycles. The summed E-state index contributed by atoms with van der Waals surface area (Å²) in [6, 6.07) is 20.9. The molecule has 0 aromatic heterocycles. The van der Waals surface area contributed by atoms with Crippen molar-refractivity contribution in [2.24, 2.45) is 0 Å². The minimum atomic E-state index is -3.74. The number of nitrogens with one attached hydrogen (secondary N) is 1. The molecule has 0 spiro atoms. The summed E-state index contributed by atoms with van der Waals surface area (Å²) in [7, 11) is -3.74. The summed E-state index contributed by atoms with van der Waals surface area (Å²) >= 11 is 6.98. The number of nitrogens with zero attached hydrogens (tertiary/aromatic N) is 2. The Morgan fingerprint density at radius 1 is 0.889 bits per heavy atom. The van der Waals surface area contributed by atoms with Crippen molar-refractivity contribution in [3.63, 3.8) is 0 Å². The lowest BCUT2D eigenvalue weighted by Crippen LogP contribution is -2.52. The molecule has 1 aliphatic heterocycles. The molecule has 3 aromatic rings. The second-order valence-electron chi connectivity index (χ2n) is 8.92. The van der Waals surface area contributed by atoms with Crippen molar-refractivity contribution in [1.82, 2.24) is 14.5 Å². The highest BCUT2D eigenvalue weighted by molar-refractivity contribution is 9.11. The Hall–Kier alpha value is -2.04. The lowest BCUT2D eigenvalue weighted by molar-refractivity contribution is -0.127. The molecule has 36 heavy (non-hydrogen) atoms. The average molecular weight is 635 g/mol. The van der Waals surface area contributed by atoms with E-state index in [1.54, 1.807) is 0 Å². The summed E-state index contributed by atoms with van der Waals surface area (Å²) in [5.74, 6) is -0.0961. The van der Waals surface area contributed by atoms with Gasteiger partial charge >= 0.3 is 0 Å². The molecule has 1 fully saturated rings. The monoisotopic (exact) mass is 633 g/mol. The Kier molecular flexibility index (Phi) is 8.67. The molecular formula is C27H29Br2N3O3S. The first-order valence-corrected chi connectivity index (χ1v) is 14.8. The molecule has 1 saturated heterocycles. The summed E-state index contributed by atoms with van der Waals surface area (Å²) < 4.78 is 29.9. The molecule has 1 unspecified atom stereocenters. The summed E-state index contributed by atoms with van der Waals surface area (Å²) in [6.45, 7) is 5.69. The number of amides is 1. The van der Waals surface area contributed by atoms with Crippen LogP contribution in [0.3, 0.4) is 0 Å². The van der Waals surface area contributed by atoms with Gasteiger partial charge in [-0.3, -0.25) is 9.69 Å². The number of piperazine rings is 1. The van der Waals surface area contributed by atoms with Gasteiger partial charge in [-0.05, 0) is 68.0 Å². The van der Waals surface area contributed by atoms with E-state index >= 15 is 0 Å². The topological polar surface area (TPSA) is 69.7 Å². The summed E-state index contributed by atoms with van der Waals surface area (Å²) in [5, 5.41) is 3.06. The van der Waals surface area contributed by atoms with E-state index in [-0.39, 0.29) is 10.8 Å². The van der Waals surface area contributed by atoms with Crippen LogP contribution in [-0.2, 0) is 21.4 Å². The molecule has 0 radical (unpaired) electrons. The van der Waals surface area contributed by atoms with Crippen molar-refractivity contribution in [3.05, 3.63) is 97.9 Å². The Balaban J connectivity index is 1.53. The normalized spacial score (nSPS) is 16.0. The molecule has 0 bridgehead atoms. The number of hydrogen-bond acceptors (Lipinski definition) is 4. The maximum atomic E-state index is 13.6. The van der Waals surface area contributed by atoms with E-state index in [9.17, 15) is 13.2 Å². The number of benzene rings is 3. The van der Waals surface area contributed by atoms with Crippen LogP contribution in [0.4, 0.5) is 0 Å². The summed E-state index contributed by atoms with van der Waals surface area (Å²) in [5.41, 5.74) is 3.65. The number of hydrogen-bond donors (Lipinski definition) is 1. The maximum absolute atomic E-state index is 13.6. The van der Waals surface area contributed by atoms with Crippen LogP contribution in [0, 0.1) is 13.8 Å². The first kappa shape index (κ1) is 27.0. The van der Waals surface area contributed by atoms with Crippen molar-refractivity contribution in [2.75, 3.05) is 26.2 Å². The van der Waals surface area contributed by atoms with Crippen LogP contribution in [0.25, 0.3) is 0 Å². The van der Waals surface area contributed by atoms with E-state index < -0.39 is 16.1 Å². The van der Waals surface area contributed by atoms with Crippen molar-refractivity contribution in [3.8, 4) is 0 Å². The van der Waals surface area contributed by atoms with E-state index in [2.05, 4.69) is 42.1 Å². The van der Waals surface area contributed by atoms with E-state index in [0.717, 1.165) is 22.3 Å². The fraction of sp³-hybridized carbons (Fsp3) is 0.296. The predicted molar refractivity (Wildman–Crippen MR) is 149 cm³/mol. The van der Waals surface area contributed by atoms with Crippen LogP contribution in [0.15, 0.2) is 80.6 Å². The summed E-state index contributed by atoms with van der Waals surface area (Å²) in [4.78, 5) is 15.7. The number of sulfonamides is 1. The molecule has 1 heterocycles. The third-order valence-electron chi connectivity index (χ3n) is 6.43. The molecule has 190 valence electrons. The van der Waals surface area contributed by atoms with Crippen LogP contribution in [0.1, 0.15) is 28.3 Å². The van der Waals surface area contributed by atoms with Gasteiger partial charge in [0.05, 0.1) is 0 Å². The number of rotatable bonds is 7. The number of aryl methyl sites for hydroxylation is 2. The van der Waals surface area contributed by atoms with Crippen LogP contribution in [-0.4, -0.2) is 49.7 Å². The fourth-order valence-electron chi connectivity index (χ4n) is 4.51. The lowest BCUT2D eigenvalue weighted by atomic mass is 10.0. The highest BCUT2D eigenvalue weighted by Crippen LogP contribution is 2.37.